The third-order valence-electron chi connectivity index (χ3n) is 12.6. The van der Waals surface area contributed by atoms with Gasteiger partial charge in [0.1, 0.15) is 11.2 Å². The van der Waals surface area contributed by atoms with Crippen LogP contribution in [-0.4, -0.2) is 15.0 Å². The van der Waals surface area contributed by atoms with Crippen molar-refractivity contribution in [1.29, 1.82) is 0 Å². The molecule has 2 aromatic heterocycles. The van der Waals surface area contributed by atoms with Crippen LogP contribution in [0.3, 0.4) is 0 Å². The van der Waals surface area contributed by atoms with Crippen molar-refractivity contribution in [2.24, 2.45) is 0 Å². The molecule has 0 fully saturated rings. The molecule has 270 valence electrons. The molecule has 0 saturated heterocycles. The minimum absolute atomic E-state index is 0.0126. The summed E-state index contributed by atoms with van der Waals surface area (Å²) in [7, 11) is 0. The summed E-state index contributed by atoms with van der Waals surface area (Å²) >= 11 is 0. The summed E-state index contributed by atoms with van der Waals surface area (Å²) < 4.78 is 50.3. The smallest absolute Gasteiger partial charge is 0.164 e. The molecule has 0 radical (unpaired) electrons. The van der Waals surface area contributed by atoms with Crippen LogP contribution >= 0.6 is 0 Å². The molecule has 0 unspecified atom stereocenters. The van der Waals surface area contributed by atoms with E-state index >= 15 is 0 Å². The van der Waals surface area contributed by atoms with Gasteiger partial charge in [-0.3, -0.25) is 0 Å². The number of rotatable bonds is 3. The lowest BCUT2D eigenvalue weighted by atomic mass is 9.81. The maximum absolute atomic E-state index is 9.02. The van der Waals surface area contributed by atoms with Crippen molar-refractivity contribution < 1.29 is 11.3 Å². The Balaban J connectivity index is 1.15. The molecule has 0 saturated carbocycles. The normalized spacial score (nSPS) is 15.8. The summed E-state index contributed by atoms with van der Waals surface area (Å²) in [6, 6.07) is 40.1. The molecule has 2 aliphatic carbocycles. The van der Waals surface area contributed by atoms with E-state index in [4.69, 9.17) is 26.2 Å². The van der Waals surface area contributed by atoms with Crippen LogP contribution in [-0.2, 0) is 10.8 Å². The standard InChI is InChI=1S/C53H37N3O/c1-52(2)41-19-11-8-16-34(41)39-26-32-24-22-30-23-25-33(27-37(30)38(32)28-43(39)52)50-54-49(31-14-6-5-7-15-31)55-51(56-50)40-29-44-47(35-17-9-12-20-42(35)53(44,3)4)48-46(40)36-18-10-13-21-45(36)57-48/h5-29H,1-4H3/i5D,6D,7D,14D,15D. The van der Waals surface area contributed by atoms with Gasteiger partial charge in [-0.1, -0.05) is 149 Å². The van der Waals surface area contributed by atoms with Crippen molar-refractivity contribution in [1.82, 2.24) is 15.0 Å². The van der Waals surface area contributed by atoms with Crippen LogP contribution in [0.25, 0.3) is 99.9 Å². The van der Waals surface area contributed by atoms with Gasteiger partial charge in [-0.2, -0.15) is 0 Å². The number of aromatic nitrogens is 3. The monoisotopic (exact) mass is 736 g/mol. The largest absolute Gasteiger partial charge is 0.455 e. The molecule has 0 aliphatic heterocycles. The first-order chi connectivity index (χ1) is 29.8. The van der Waals surface area contributed by atoms with Gasteiger partial charge in [-0.05, 0) is 90.8 Å². The summed E-state index contributed by atoms with van der Waals surface area (Å²) in [4.78, 5) is 15.3. The van der Waals surface area contributed by atoms with Crippen LogP contribution in [0.5, 0.6) is 0 Å². The van der Waals surface area contributed by atoms with E-state index in [9.17, 15) is 0 Å². The third-order valence-corrected chi connectivity index (χ3v) is 12.6. The Labute approximate surface area is 337 Å². The molecule has 57 heavy (non-hydrogen) atoms. The van der Waals surface area contributed by atoms with E-state index in [1.807, 2.05) is 30.3 Å². The zero-order valence-electron chi connectivity index (χ0n) is 36.8. The van der Waals surface area contributed by atoms with Crippen molar-refractivity contribution in [2.75, 3.05) is 0 Å². The van der Waals surface area contributed by atoms with Crippen LogP contribution in [0.1, 0.15) is 56.8 Å². The van der Waals surface area contributed by atoms with Gasteiger partial charge in [-0.15, -0.1) is 0 Å². The van der Waals surface area contributed by atoms with Gasteiger partial charge in [0.05, 0.1) is 6.85 Å². The summed E-state index contributed by atoms with van der Waals surface area (Å²) in [6.07, 6.45) is 0. The molecule has 0 atom stereocenters. The lowest BCUT2D eigenvalue weighted by molar-refractivity contribution is 0.653. The highest BCUT2D eigenvalue weighted by atomic mass is 16.3. The van der Waals surface area contributed by atoms with Crippen LogP contribution in [0.4, 0.5) is 0 Å². The van der Waals surface area contributed by atoms with Gasteiger partial charge in [0.2, 0.25) is 0 Å². The van der Waals surface area contributed by atoms with E-state index in [1.165, 1.54) is 27.8 Å². The van der Waals surface area contributed by atoms with Crippen LogP contribution < -0.4 is 0 Å². The molecule has 8 aromatic carbocycles. The number of furan rings is 1. The second-order valence-electron chi connectivity index (χ2n) is 16.4. The van der Waals surface area contributed by atoms with Crippen molar-refractivity contribution in [3.05, 3.63) is 174 Å². The number of hydrogen-bond acceptors (Lipinski definition) is 4. The zero-order valence-corrected chi connectivity index (χ0v) is 31.8. The van der Waals surface area contributed by atoms with Gasteiger partial charge >= 0.3 is 0 Å². The Morgan fingerprint density at radius 2 is 1.11 bits per heavy atom. The average molecular weight is 737 g/mol. The highest BCUT2D eigenvalue weighted by Crippen LogP contribution is 2.55. The lowest BCUT2D eigenvalue weighted by Gasteiger charge is -2.22. The van der Waals surface area contributed by atoms with Gasteiger partial charge in [-0.25, -0.2) is 15.0 Å². The van der Waals surface area contributed by atoms with Gasteiger partial charge in [0.25, 0.3) is 0 Å². The maximum Gasteiger partial charge on any atom is 0.164 e. The number of hydrogen-bond donors (Lipinski definition) is 0. The SMILES string of the molecule is [2H]c1c([2H])c([2H])c(-c2nc(-c3ccc4ccc5cc6c(cc5c4c3)C(C)(C)c3ccccc3-6)nc(-c3cc4c(c5oc6ccccc6c35)-c3ccccc3C4(C)C)n2)c([2H])c1[2H]. The molecule has 0 bridgehead atoms. The number of para-hydroxylation sites is 1. The first-order valence-electron chi connectivity index (χ1n) is 21.9. The van der Waals surface area contributed by atoms with Gasteiger partial charge in [0.15, 0.2) is 17.5 Å². The van der Waals surface area contributed by atoms with Crippen molar-refractivity contribution in [2.45, 2.75) is 38.5 Å². The Morgan fingerprint density at radius 3 is 1.93 bits per heavy atom. The fourth-order valence-corrected chi connectivity index (χ4v) is 9.72. The molecule has 2 aliphatic rings. The van der Waals surface area contributed by atoms with E-state index in [1.54, 1.807) is 0 Å². The number of nitrogens with zero attached hydrogens (tertiary/aromatic N) is 3. The zero-order chi connectivity index (χ0) is 42.6. The quantitative estimate of drug-likeness (QED) is 0.170. The summed E-state index contributed by atoms with van der Waals surface area (Å²) in [5, 5.41) is 6.04. The lowest BCUT2D eigenvalue weighted by Crippen LogP contribution is -2.15. The minimum atomic E-state index is -0.482. The summed E-state index contributed by atoms with van der Waals surface area (Å²) in [5.74, 6) is 0.605. The molecule has 12 rings (SSSR count). The van der Waals surface area contributed by atoms with Crippen molar-refractivity contribution >= 4 is 43.5 Å². The molecule has 0 spiro atoms. The van der Waals surface area contributed by atoms with E-state index in [0.29, 0.717) is 22.8 Å². The molecular weight excluding hydrogens is 695 g/mol. The second kappa shape index (κ2) is 11.3. The number of fused-ring (bicyclic) bond motifs is 13. The fraction of sp³-hybridized carbons (Fsp3) is 0.113. The van der Waals surface area contributed by atoms with Crippen molar-refractivity contribution in [3.8, 4) is 56.4 Å². The van der Waals surface area contributed by atoms with E-state index < -0.39 is 23.5 Å². The number of benzene rings is 8. The Bertz CT molecular complexity index is 3630. The van der Waals surface area contributed by atoms with E-state index in [2.05, 4.69) is 119 Å². The predicted octanol–water partition coefficient (Wildman–Crippen LogP) is 13.7. The Hall–Kier alpha value is -6.91. The Morgan fingerprint density at radius 1 is 0.474 bits per heavy atom. The highest BCUT2D eigenvalue weighted by Gasteiger charge is 2.39. The second-order valence-corrected chi connectivity index (χ2v) is 16.4. The maximum atomic E-state index is 9.02. The highest BCUT2D eigenvalue weighted by molar-refractivity contribution is 6.18. The first kappa shape index (κ1) is 27.6. The molecule has 0 N–H and O–H groups in total. The first-order valence-corrected chi connectivity index (χ1v) is 19.4. The van der Waals surface area contributed by atoms with Crippen LogP contribution in [0.2, 0.25) is 0 Å². The fourth-order valence-electron chi connectivity index (χ4n) is 9.72. The summed E-state index contributed by atoms with van der Waals surface area (Å²) in [5.41, 5.74) is 11.6. The van der Waals surface area contributed by atoms with Crippen LogP contribution in [0, 0.1) is 0 Å². The summed E-state index contributed by atoms with van der Waals surface area (Å²) in [6.45, 7) is 8.99. The molecule has 4 heteroatoms. The average Bonchev–Trinajstić information content (AvgIpc) is 3.86. The molecule has 2 heterocycles. The van der Waals surface area contributed by atoms with E-state index in [0.717, 1.165) is 60.2 Å². The van der Waals surface area contributed by atoms with Gasteiger partial charge < -0.3 is 4.42 Å². The Kier molecular flexibility index (Phi) is 5.49. The molecule has 0 amide bonds. The van der Waals surface area contributed by atoms with Crippen molar-refractivity contribution in [3.63, 3.8) is 0 Å². The third kappa shape index (κ3) is 4.47. The molecule has 10 aromatic rings. The topological polar surface area (TPSA) is 51.8 Å². The molecule has 4 nitrogen and oxygen atoms in total. The van der Waals surface area contributed by atoms with Gasteiger partial charge in [0, 0.05) is 43.9 Å². The van der Waals surface area contributed by atoms with Crippen LogP contribution in [0.15, 0.2) is 156 Å². The minimum Gasteiger partial charge on any atom is -0.455 e. The predicted molar refractivity (Wildman–Crippen MR) is 234 cm³/mol. The van der Waals surface area contributed by atoms with E-state index in [-0.39, 0.29) is 28.9 Å². The molecular formula is C53H37N3O.